The number of nitrogens with one attached hydrogen (secondary N) is 1. The van der Waals surface area contributed by atoms with Gasteiger partial charge in [-0.25, -0.2) is 0 Å². The van der Waals surface area contributed by atoms with Crippen LogP contribution in [0.2, 0.25) is 0 Å². The molecule has 0 saturated heterocycles. The first-order chi connectivity index (χ1) is 10.0. The molecule has 2 N–H and O–H groups in total. The minimum Gasteiger partial charge on any atom is -0.497 e. The number of methoxy groups -OCH3 is 1. The molecule has 0 amide bonds. The summed E-state index contributed by atoms with van der Waals surface area (Å²) in [7, 11) is 1.66. The molecule has 0 radical (unpaired) electrons. The van der Waals surface area contributed by atoms with Gasteiger partial charge < -0.3 is 19.9 Å². The molecule has 2 atom stereocenters. The van der Waals surface area contributed by atoms with Crippen LogP contribution in [0, 0.1) is 5.92 Å². The lowest BCUT2D eigenvalue weighted by Gasteiger charge is -2.18. The summed E-state index contributed by atoms with van der Waals surface area (Å²) in [5, 5.41) is 13.1. The van der Waals surface area contributed by atoms with Crippen molar-refractivity contribution in [1.29, 1.82) is 0 Å². The van der Waals surface area contributed by atoms with Crippen molar-refractivity contribution in [2.45, 2.75) is 45.9 Å². The SMILES string of the molecule is COc1ccc(CNCC(O)COC(C)CC(C)C)cc1. The topological polar surface area (TPSA) is 50.7 Å². The molecule has 1 rings (SSSR count). The summed E-state index contributed by atoms with van der Waals surface area (Å²) in [6.07, 6.45) is 0.741. The molecule has 0 aromatic heterocycles. The molecule has 0 spiro atoms. The Morgan fingerprint density at radius 2 is 1.81 bits per heavy atom. The smallest absolute Gasteiger partial charge is 0.118 e. The van der Waals surface area contributed by atoms with Gasteiger partial charge in [0, 0.05) is 13.1 Å². The van der Waals surface area contributed by atoms with E-state index in [0.717, 1.165) is 24.3 Å². The van der Waals surface area contributed by atoms with Crippen molar-refractivity contribution in [3.63, 3.8) is 0 Å². The third kappa shape index (κ3) is 8.05. The predicted octanol–water partition coefficient (Wildman–Crippen LogP) is 2.60. The van der Waals surface area contributed by atoms with Crippen molar-refractivity contribution < 1.29 is 14.6 Å². The van der Waals surface area contributed by atoms with Crippen LogP contribution in [0.3, 0.4) is 0 Å². The van der Waals surface area contributed by atoms with E-state index in [2.05, 4.69) is 26.1 Å². The highest BCUT2D eigenvalue weighted by Gasteiger charge is 2.09. The zero-order valence-electron chi connectivity index (χ0n) is 13.6. The normalized spacial score (nSPS) is 14.2. The summed E-state index contributed by atoms with van der Waals surface area (Å²) >= 11 is 0. The van der Waals surface area contributed by atoms with Crippen LogP contribution in [-0.4, -0.2) is 37.6 Å². The van der Waals surface area contributed by atoms with Gasteiger partial charge in [0.05, 0.1) is 25.9 Å². The van der Waals surface area contributed by atoms with E-state index >= 15 is 0 Å². The highest BCUT2D eigenvalue weighted by Crippen LogP contribution is 2.11. The van der Waals surface area contributed by atoms with Crippen molar-refractivity contribution in [3.8, 4) is 5.75 Å². The molecule has 4 nitrogen and oxygen atoms in total. The third-order valence-electron chi connectivity index (χ3n) is 3.24. The van der Waals surface area contributed by atoms with Gasteiger partial charge in [-0.2, -0.15) is 0 Å². The lowest BCUT2D eigenvalue weighted by Crippen LogP contribution is -2.31. The minimum atomic E-state index is -0.474. The van der Waals surface area contributed by atoms with Crippen LogP contribution in [0.5, 0.6) is 5.75 Å². The zero-order chi connectivity index (χ0) is 15.7. The second-order valence-corrected chi connectivity index (χ2v) is 5.91. The molecule has 0 aliphatic carbocycles. The first-order valence-corrected chi connectivity index (χ1v) is 7.64. The number of rotatable bonds is 10. The Labute approximate surface area is 128 Å². The van der Waals surface area contributed by atoms with E-state index in [1.807, 2.05) is 24.3 Å². The lowest BCUT2D eigenvalue weighted by atomic mass is 10.1. The van der Waals surface area contributed by atoms with Gasteiger partial charge in [-0.05, 0) is 37.0 Å². The Balaban J connectivity index is 2.16. The molecule has 4 heteroatoms. The van der Waals surface area contributed by atoms with Gasteiger partial charge in [0.15, 0.2) is 0 Å². The largest absolute Gasteiger partial charge is 0.497 e. The number of aliphatic hydroxyl groups is 1. The average molecular weight is 295 g/mol. The quantitative estimate of drug-likeness (QED) is 0.696. The second-order valence-electron chi connectivity index (χ2n) is 5.91. The number of ether oxygens (including phenoxy) is 2. The molecule has 0 saturated carbocycles. The minimum absolute atomic E-state index is 0.196. The van der Waals surface area contributed by atoms with Crippen LogP contribution < -0.4 is 10.1 Å². The van der Waals surface area contributed by atoms with E-state index in [0.29, 0.717) is 19.1 Å². The Morgan fingerprint density at radius 3 is 2.38 bits per heavy atom. The maximum Gasteiger partial charge on any atom is 0.118 e. The molecule has 2 unspecified atom stereocenters. The summed E-state index contributed by atoms with van der Waals surface area (Å²) in [6, 6.07) is 7.90. The molecule has 0 fully saturated rings. The van der Waals surface area contributed by atoms with Gasteiger partial charge in [-0.3, -0.25) is 0 Å². The lowest BCUT2D eigenvalue weighted by molar-refractivity contribution is -0.00857. The van der Waals surface area contributed by atoms with E-state index in [-0.39, 0.29) is 6.10 Å². The van der Waals surface area contributed by atoms with E-state index in [1.54, 1.807) is 7.11 Å². The van der Waals surface area contributed by atoms with Crippen LogP contribution in [0.1, 0.15) is 32.8 Å². The molecular formula is C17H29NO3. The van der Waals surface area contributed by atoms with E-state index < -0.39 is 6.10 Å². The summed E-state index contributed by atoms with van der Waals surface area (Å²) in [6.45, 7) is 8.03. The molecule has 120 valence electrons. The molecular weight excluding hydrogens is 266 g/mol. The van der Waals surface area contributed by atoms with Crippen LogP contribution in [0.25, 0.3) is 0 Å². The molecule has 0 aliphatic heterocycles. The molecule has 1 aromatic rings. The van der Waals surface area contributed by atoms with Crippen molar-refractivity contribution in [3.05, 3.63) is 29.8 Å². The highest BCUT2D eigenvalue weighted by atomic mass is 16.5. The number of aliphatic hydroxyl groups excluding tert-OH is 1. The van der Waals surface area contributed by atoms with Crippen molar-refractivity contribution in [2.24, 2.45) is 5.92 Å². The van der Waals surface area contributed by atoms with Crippen molar-refractivity contribution in [2.75, 3.05) is 20.3 Å². The molecule has 21 heavy (non-hydrogen) atoms. The molecule has 0 aliphatic rings. The Hall–Kier alpha value is -1.10. The zero-order valence-corrected chi connectivity index (χ0v) is 13.6. The second kappa shape index (κ2) is 9.77. The van der Waals surface area contributed by atoms with Crippen LogP contribution >= 0.6 is 0 Å². The summed E-state index contributed by atoms with van der Waals surface area (Å²) < 4.78 is 10.8. The summed E-state index contributed by atoms with van der Waals surface area (Å²) in [5.41, 5.74) is 1.16. The molecule has 1 aromatic carbocycles. The first-order valence-electron chi connectivity index (χ1n) is 7.64. The Kier molecular flexibility index (Phi) is 8.35. The number of hydrogen-bond acceptors (Lipinski definition) is 4. The van der Waals surface area contributed by atoms with Gasteiger partial charge in [0.1, 0.15) is 5.75 Å². The van der Waals surface area contributed by atoms with Gasteiger partial charge in [-0.1, -0.05) is 26.0 Å². The monoisotopic (exact) mass is 295 g/mol. The average Bonchev–Trinajstić information content (AvgIpc) is 2.45. The number of hydrogen-bond donors (Lipinski definition) is 2. The molecule has 0 bridgehead atoms. The van der Waals surface area contributed by atoms with Crippen LogP contribution in [0.4, 0.5) is 0 Å². The maximum atomic E-state index is 9.88. The van der Waals surface area contributed by atoms with E-state index in [4.69, 9.17) is 9.47 Å². The maximum absolute atomic E-state index is 9.88. The molecule has 0 heterocycles. The fourth-order valence-electron chi connectivity index (χ4n) is 2.19. The highest BCUT2D eigenvalue weighted by molar-refractivity contribution is 5.26. The first kappa shape index (κ1) is 18.0. The van der Waals surface area contributed by atoms with E-state index in [9.17, 15) is 5.11 Å². The fraction of sp³-hybridized carbons (Fsp3) is 0.647. The van der Waals surface area contributed by atoms with Gasteiger partial charge in [0.25, 0.3) is 0 Å². The predicted molar refractivity (Wildman–Crippen MR) is 85.6 cm³/mol. The number of benzene rings is 1. The third-order valence-corrected chi connectivity index (χ3v) is 3.24. The standard InChI is InChI=1S/C17H29NO3/c1-13(2)9-14(3)21-12-16(19)11-18-10-15-5-7-17(20-4)8-6-15/h5-8,13-14,16,18-19H,9-12H2,1-4H3. The van der Waals surface area contributed by atoms with Gasteiger partial charge in [-0.15, -0.1) is 0 Å². The van der Waals surface area contributed by atoms with Gasteiger partial charge >= 0.3 is 0 Å². The van der Waals surface area contributed by atoms with Crippen LogP contribution in [0.15, 0.2) is 24.3 Å². The Bertz CT molecular complexity index is 378. The summed E-state index contributed by atoms with van der Waals surface area (Å²) in [4.78, 5) is 0. The van der Waals surface area contributed by atoms with Crippen LogP contribution in [-0.2, 0) is 11.3 Å². The van der Waals surface area contributed by atoms with E-state index in [1.165, 1.54) is 0 Å². The van der Waals surface area contributed by atoms with Crippen molar-refractivity contribution in [1.82, 2.24) is 5.32 Å². The Morgan fingerprint density at radius 1 is 1.14 bits per heavy atom. The fourth-order valence-corrected chi connectivity index (χ4v) is 2.19. The summed E-state index contributed by atoms with van der Waals surface area (Å²) in [5.74, 6) is 1.47. The van der Waals surface area contributed by atoms with Gasteiger partial charge in [0.2, 0.25) is 0 Å². The van der Waals surface area contributed by atoms with Crippen molar-refractivity contribution >= 4 is 0 Å².